The minimum absolute atomic E-state index is 0.170. The Hall–Kier alpha value is -1.77. The molecule has 2 saturated heterocycles. The van der Waals surface area contributed by atoms with E-state index in [9.17, 15) is 19.2 Å². The van der Waals surface area contributed by atoms with Crippen LogP contribution in [0.25, 0.3) is 0 Å². The third kappa shape index (κ3) is 4.60. The van der Waals surface area contributed by atoms with E-state index in [0.29, 0.717) is 12.8 Å². The number of imide groups is 2. The molecule has 2 aliphatic rings. The lowest BCUT2D eigenvalue weighted by Crippen LogP contribution is -2.57. The lowest BCUT2D eigenvalue weighted by molar-refractivity contribution is -0.126. The van der Waals surface area contributed by atoms with E-state index in [-0.39, 0.29) is 35.7 Å². The Balaban J connectivity index is 1.68. The summed E-state index contributed by atoms with van der Waals surface area (Å²) in [7, 11) is 0. The van der Waals surface area contributed by atoms with Crippen LogP contribution >= 0.6 is 11.8 Å². The molecule has 4 N–H and O–H groups in total. The van der Waals surface area contributed by atoms with Gasteiger partial charge in [0.15, 0.2) is 0 Å². The van der Waals surface area contributed by atoms with Crippen LogP contribution in [-0.2, 0) is 9.59 Å². The second-order valence-corrected chi connectivity index (χ2v) is 7.13. The summed E-state index contributed by atoms with van der Waals surface area (Å²) in [6.07, 6.45) is 1.34. The summed E-state index contributed by atoms with van der Waals surface area (Å²) in [5, 5.41) is 9.94. The standard InChI is InChI=1S/C14H22N4O4S/c1-7-9(11(19)17-13(21)15-7)3-5-23-6-4-10-8(2)16-14(22)18-12(10)20/h7-10H,3-6H2,1-2H3,(H2,15,17,19,21)(H2,16,18,20,22)/t7-,8+,9+,10-. The average Bonchev–Trinajstić information content (AvgIpc) is 2.42. The maximum absolute atomic E-state index is 11.8. The van der Waals surface area contributed by atoms with Crippen LogP contribution in [0.1, 0.15) is 26.7 Å². The van der Waals surface area contributed by atoms with E-state index < -0.39 is 12.1 Å². The van der Waals surface area contributed by atoms with Gasteiger partial charge < -0.3 is 10.6 Å². The molecule has 0 bridgehead atoms. The minimum Gasteiger partial charge on any atom is -0.335 e. The topological polar surface area (TPSA) is 116 Å². The van der Waals surface area contributed by atoms with Crippen molar-refractivity contribution in [3.05, 3.63) is 0 Å². The zero-order chi connectivity index (χ0) is 17.0. The molecule has 128 valence electrons. The number of urea groups is 2. The molecule has 2 heterocycles. The first-order valence-corrected chi connectivity index (χ1v) is 8.84. The first-order chi connectivity index (χ1) is 10.9. The van der Waals surface area contributed by atoms with Gasteiger partial charge in [0.2, 0.25) is 11.8 Å². The molecule has 0 aliphatic carbocycles. The van der Waals surface area contributed by atoms with Gasteiger partial charge in [-0.15, -0.1) is 0 Å². The maximum Gasteiger partial charge on any atom is 0.321 e. The molecule has 2 rings (SSSR count). The summed E-state index contributed by atoms with van der Waals surface area (Å²) < 4.78 is 0. The van der Waals surface area contributed by atoms with Crippen molar-refractivity contribution in [1.29, 1.82) is 0 Å². The third-order valence-corrected chi connectivity index (χ3v) is 5.27. The van der Waals surface area contributed by atoms with Crippen LogP contribution in [0.5, 0.6) is 0 Å². The molecule has 0 unspecified atom stereocenters. The molecular weight excluding hydrogens is 320 g/mol. The van der Waals surface area contributed by atoms with Crippen molar-refractivity contribution in [2.75, 3.05) is 11.5 Å². The molecule has 0 radical (unpaired) electrons. The van der Waals surface area contributed by atoms with E-state index >= 15 is 0 Å². The van der Waals surface area contributed by atoms with Crippen molar-refractivity contribution < 1.29 is 19.2 Å². The van der Waals surface area contributed by atoms with E-state index in [4.69, 9.17) is 0 Å². The molecule has 8 nitrogen and oxygen atoms in total. The second kappa shape index (κ2) is 7.67. The van der Waals surface area contributed by atoms with Gasteiger partial charge in [0.25, 0.3) is 0 Å². The number of amides is 6. The van der Waals surface area contributed by atoms with E-state index in [1.807, 2.05) is 13.8 Å². The van der Waals surface area contributed by atoms with Gasteiger partial charge in [-0.1, -0.05) is 0 Å². The predicted octanol–water partition coefficient (Wildman–Crippen LogP) is 0.188. The second-order valence-electron chi connectivity index (χ2n) is 5.91. The van der Waals surface area contributed by atoms with Crippen molar-refractivity contribution in [2.24, 2.45) is 11.8 Å². The fraction of sp³-hybridized carbons (Fsp3) is 0.714. The van der Waals surface area contributed by atoms with E-state index in [1.165, 1.54) is 0 Å². The van der Waals surface area contributed by atoms with E-state index in [2.05, 4.69) is 21.3 Å². The van der Waals surface area contributed by atoms with Crippen molar-refractivity contribution >= 4 is 35.6 Å². The lowest BCUT2D eigenvalue weighted by Gasteiger charge is -2.29. The summed E-state index contributed by atoms with van der Waals surface area (Å²) in [5.74, 6) is 0.628. The molecule has 2 fully saturated rings. The summed E-state index contributed by atoms with van der Waals surface area (Å²) in [6.45, 7) is 3.64. The Morgan fingerprint density at radius 1 is 0.783 bits per heavy atom. The van der Waals surface area contributed by atoms with Gasteiger partial charge in [-0.05, 0) is 38.2 Å². The summed E-state index contributed by atoms with van der Waals surface area (Å²) in [4.78, 5) is 45.8. The Bertz CT molecular complexity index is 469. The predicted molar refractivity (Wildman–Crippen MR) is 85.8 cm³/mol. The van der Waals surface area contributed by atoms with Gasteiger partial charge >= 0.3 is 12.1 Å². The fourth-order valence-corrected chi connectivity index (χ4v) is 3.88. The van der Waals surface area contributed by atoms with Crippen LogP contribution in [0, 0.1) is 11.8 Å². The highest BCUT2D eigenvalue weighted by Crippen LogP contribution is 2.20. The third-order valence-electron chi connectivity index (χ3n) is 4.22. The van der Waals surface area contributed by atoms with Crippen LogP contribution in [0.4, 0.5) is 9.59 Å². The number of carbonyl (C=O) groups excluding carboxylic acids is 4. The zero-order valence-electron chi connectivity index (χ0n) is 13.2. The van der Waals surface area contributed by atoms with Gasteiger partial charge in [-0.2, -0.15) is 11.8 Å². The van der Waals surface area contributed by atoms with Gasteiger partial charge in [0.05, 0.1) is 11.8 Å². The Morgan fingerprint density at radius 2 is 1.17 bits per heavy atom. The fourth-order valence-electron chi connectivity index (χ4n) is 2.84. The van der Waals surface area contributed by atoms with Crippen molar-refractivity contribution in [3.63, 3.8) is 0 Å². The zero-order valence-corrected chi connectivity index (χ0v) is 14.0. The van der Waals surface area contributed by atoms with Crippen LogP contribution < -0.4 is 21.3 Å². The number of nitrogens with one attached hydrogen (secondary N) is 4. The smallest absolute Gasteiger partial charge is 0.321 e. The normalized spacial score (nSPS) is 31.0. The molecule has 23 heavy (non-hydrogen) atoms. The van der Waals surface area contributed by atoms with Crippen LogP contribution in [-0.4, -0.2) is 47.5 Å². The Kier molecular flexibility index (Phi) is 5.86. The summed E-state index contributed by atoms with van der Waals surface area (Å²) in [5.41, 5.74) is 0. The van der Waals surface area contributed by atoms with Gasteiger partial charge in [-0.3, -0.25) is 20.2 Å². The first-order valence-electron chi connectivity index (χ1n) is 7.69. The monoisotopic (exact) mass is 342 g/mol. The van der Waals surface area contributed by atoms with Gasteiger partial charge in [0.1, 0.15) is 0 Å². The largest absolute Gasteiger partial charge is 0.335 e. The highest BCUT2D eigenvalue weighted by Gasteiger charge is 2.33. The van der Waals surface area contributed by atoms with Gasteiger partial charge in [0, 0.05) is 12.1 Å². The van der Waals surface area contributed by atoms with Crippen LogP contribution in [0.15, 0.2) is 0 Å². The van der Waals surface area contributed by atoms with Crippen LogP contribution in [0.2, 0.25) is 0 Å². The summed E-state index contributed by atoms with van der Waals surface area (Å²) in [6, 6.07) is -1.22. The number of hydrogen-bond acceptors (Lipinski definition) is 5. The number of hydrogen-bond donors (Lipinski definition) is 4. The number of carbonyl (C=O) groups is 4. The minimum atomic E-state index is -0.439. The number of rotatable bonds is 6. The quantitative estimate of drug-likeness (QED) is 0.514. The molecule has 0 spiro atoms. The molecule has 4 atom stereocenters. The van der Waals surface area contributed by atoms with Gasteiger partial charge in [-0.25, -0.2) is 9.59 Å². The SMILES string of the molecule is C[C@@H]1NC(=O)NC(=O)[C@@H]1CCSCC[C@@H]1C(=O)NC(=O)N[C@@H]1C. The highest BCUT2D eigenvalue weighted by molar-refractivity contribution is 7.99. The van der Waals surface area contributed by atoms with Crippen LogP contribution in [0.3, 0.4) is 0 Å². The molecule has 0 aromatic carbocycles. The van der Waals surface area contributed by atoms with E-state index in [1.54, 1.807) is 11.8 Å². The highest BCUT2D eigenvalue weighted by atomic mass is 32.2. The Labute approximate surface area is 138 Å². The van der Waals surface area contributed by atoms with E-state index in [0.717, 1.165) is 11.5 Å². The molecule has 0 saturated carbocycles. The van der Waals surface area contributed by atoms with Crippen molar-refractivity contribution in [2.45, 2.75) is 38.8 Å². The average molecular weight is 342 g/mol. The molecule has 0 aromatic heterocycles. The Morgan fingerprint density at radius 3 is 1.52 bits per heavy atom. The summed E-state index contributed by atoms with van der Waals surface area (Å²) >= 11 is 1.66. The first kappa shape index (κ1) is 17.6. The number of thioether (sulfide) groups is 1. The maximum atomic E-state index is 11.8. The van der Waals surface area contributed by atoms with Crippen molar-refractivity contribution in [1.82, 2.24) is 21.3 Å². The molecule has 6 amide bonds. The van der Waals surface area contributed by atoms with Crippen molar-refractivity contribution in [3.8, 4) is 0 Å². The molecule has 9 heteroatoms. The molecule has 0 aromatic rings. The lowest BCUT2D eigenvalue weighted by atomic mass is 9.96. The molecule has 2 aliphatic heterocycles. The molecular formula is C14H22N4O4S.